The zero-order chi connectivity index (χ0) is 18.6. The number of benzene rings is 1. The summed E-state index contributed by atoms with van der Waals surface area (Å²) in [6, 6.07) is 11.6. The minimum Gasteiger partial charge on any atom is -0.370 e. The number of amides is 1. The molecular weight excluding hydrogens is 343 g/mol. The Labute approximate surface area is 150 Å². The highest BCUT2D eigenvalue weighted by Gasteiger charge is 2.30. The standard InChI is InChI=1S/C19H20F3N3O/c20-19(21,22)16-6-7-17(24-13-16)23-12-14-8-10-25(11-9-14)18(26)15-4-2-1-3-5-15/h1-7,13-14H,8-12H2,(H,23,24). The van der Waals surface area contributed by atoms with Gasteiger partial charge in [-0.3, -0.25) is 4.79 Å². The minimum atomic E-state index is -4.37. The molecule has 3 rings (SSSR count). The molecule has 1 saturated heterocycles. The fraction of sp³-hybridized carbons (Fsp3) is 0.368. The number of hydrogen-bond donors (Lipinski definition) is 1. The molecule has 0 spiro atoms. The lowest BCUT2D eigenvalue weighted by Gasteiger charge is -2.32. The molecule has 0 radical (unpaired) electrons. The van der Waals surface area contributed by atoms with E-state index in [9.17, 15) is 18.0 Å². The molecule has 0 atom stereocenters. The van der Waals surface area contributed by atoms with Gasteiger partial charge in [0.25, 0.3) is 5.91 Å². The van der Waals surface area contributed by atoms with Crippen LogP contribution in [-0.2, 0) is 6.18 Å². The summed E-state index contributed by atoms with van der Waals surface area (Å²) in [4.78, 5) is 18.1. The quantitative estimate of drug-likeness (QED) is 0.891. The number of nitrogens with zero attached hydrogens (tertiary/aromatic N) is 2. The van der Waals surface area contributed by atoms with Crippen molar-refractivity contribution in [1.29, 1.82) is 0 Å². The number of carbonyl (C=O) groups is 1. The van der Waals surface area contributed by atoms with Crippen LogP contribution in [-0.4, -0.2) is 35.4 Å². The molecule has 1 aliphatic heterocycles. The van der Waals surface area contributed by atoms with Crippen LogP contribution < -0.4 is 5.32 Å². The molecule has 2 aromatic rings. The summed E-state index contributed by atoms with van der Waals surface area (Å²) in [6.07, 6.45) is -1.83. The Bertz CT molecular complexity index is 724. The van der Waals surface area contributed by atoms with E-state index in [1.165, 1.54) is 6.07 Å². The molecule has 0 bridgehead atoms. The molecule has 1 amide bonds. The number of halogens is 3. The van der Waals surface area contributed by atoms with E-state index in [1.807, 2.05) is 35.2 Å². The van der Waals surface area contributed by atoms with Crippen LogP contribution in [0.25, 0.3) is 0 Å². The lowest BCUT2D eigenvalue weighted by atomic mass is 9.96. The van der Waals surface area contributed by atoms with E-state index >= 15 is 0 Å². The van der Waals surface area contributed by atoms with Crippen LogP contribution in [0.4, 0.5) is 19.0 Å². The Morgan fingerprint density at radius 3 is 2.38 bits per heavy atom. The molecule has 2 heterocycles. The van der Waals surface area contributed by atoms with Crippen molar-refractivity contribution in [2.24, 2.45) is 5.92 Å². The van der Waals surface area contributed by atoms with E-state index in [2.05, 4.69) is 10.3 Å². The molecule has 4 nitrogen and oxygen atoms in total. The van der Waals surface area contributed by atoms with Crippen molar-refractivity contribution < 1.29 is 18.0 Å². The first-order valence-corrected chi connectivity index (χ1v) is 8.55. The summed E-state index contributed by atoms with van der Waals surface area (Å²) in [5.41, 5.74) is -0.0613. The second kappa shape index (κ2) is 7.76. The van der Waals surface area contributed by atoms with Crippen LogP contribution in [0, 0.1) is 5.92 Å². The minimum absolute atomic E-state index is 0.0430. The van der Waals surface area contributed by atoms with Gasteiger partial charge < -0.3 is 10.2 Å². The van der Waals surface area contributed by atoms with E-state index in [0.717, 1.165) is 25.1 Å². The van der Waals surface area contributed by atoms with Gasteiger partial charge in [0.05, 0.1) is 5.56 Å². The van der Waals surface area contributed by atoms with Crippen LogP contribution in [0.3, 0.4) is 0 Å². The van der Waals surface area contributed by atoms with Gasteiger partial charge in [-0.15, -0.1) is 0 Å². The first-order chi connectivity index (χ1) is 12.4. The number of hydrogen-bond acceptors (Lipinski definition) is 3. The summed E-state index contributed by atoms with van der Waals surface area (Å²) < 4.78 is 37.6. The maximum absolute atomic E-state index is 12.5. The normalized spacial score (nSPS) is 15.7. The van der Waals surface area contributed by atoms with Crippen molar-refractivity contribution in [2.45, 2.75) is 19.0 Å². The third-order valence-electron chi connectivity index (χ3n) is 4.59. The Balaban J connectivity index is 1.46. The van der Waals surface area contributed by atoms with Crippen molar-refractivity contribution in [2.75, 3.05) is 25.0 Å². The number of carbonyl (C=O) groups excluding carboxylic acids is 1. The number of anilines is 1. The van der Waals surface area contributed by atoms with Gasteiger partial charge >= 0.3 is 6.18 Å². The highest BCUT2D eigenvalue weighted by molar-refractivity contribution is 5.94. The summed E-state index contributed by atoms with van der Waals surface area (Å²) in [7, 11) is 0. The molecule has 1 aromatic heterocycles. The maximum atomic E-state index is 12.5. The van der Waals surface area contributed by atoms with Gasteiger partial charge in [0.2, 0.25) is 0 Å². The SMILES string of the molecule is O=C(c1ccccc1)N1CCC(CNc2ccc(C(F)(F)F)cn2)CC1. The van der Waals surface area contributed by atoms with Crippen LogP contribution in [0.2, 0.25) is 0 Å². The number of likely N-dealkylation sites (tertiary alicyclic amines) is 1. The molecule has 7 heteroatoms. The summed E-state index contributed by atoms with van der Waals surface area (Å²) in [5.74, 6) is 0.834. The molecule has 138 valence electrons. The van der Waals surface area contributed by atoms with E-state index in [0.29, 0.717) is 36.9 Å². The number of rotatable bonds is 4. The van der Waals surface area contributed by atoms with Gasteiger partial charge in [-0.05, 0) is 43.0 Å². The van der Waals surface area contributed by atoms with Crippen LogP contribution in [0.1, 0.15) is 28.8 Å². The molecule has 1 fully saturated rings. The van der Waals surface area contributed by atoms with Crippen LogP contribution >= 0.6 is 0 Å². The van der Waals surface area contributed by atoms with E-state index < -0.39 is 11.7 Å². The van der Waals surface area contributed by atoms with E-state index in [-0.39, 0.29) is 5.91 Å². The zero-order valence-corrected chi connectivity index (χ0v) is 14.2. The predicted molar refractivity (Wildman–Crippen MR) is 92.8 cm³/mol. The highest BCUT2D eigenvalue weighted by atomic mass is 19.4. The van der Waals surface area contributed by atoms with Crippen LogP contribution in [0.5, 0.6) is 0 Å². The molecule has 1 N–H and O–H groups in total. The monoisotopic (exact) mass is 363 g/mol. The summed E-state index contributed by atoms with van der Waals surface area (Å²) in [6.45, 7) is 1.99. The lowest BCUT2D eigenvalue weighted by molar-refractivity contribution is -0.137. The van der Waals surface area contributed by atoms with Crippen molar-refractivity contribution >= 4 is 11.7 Å². The number of piperidine rings is 1. The van der Waals surface area contributed by atoms with Crippen molar-refractivity contribution in [3.05, 3.63) is 59.8 Å². The Kier molecular flexibility index (Phi) is 5.44. The third-order valence-corrected chi connectivity index (χ3v) is 4.59. The van der Waals surface area contributed by atoms with Gasteiger partial charge in [0.1, 0.15) is 5.82 Å². The number of alkyl halides is 3. The molecule has 26 heavy (non-hydrogen) atoms. The Morgan fingerprint density at radius 1 is 1.12 bits per heavy atom. The van der Waals surface area contributed by atoms with Crippen molar-refractivity contribution in [3.63, 3.8) is 0 Å². The Morgan fingerprint density at radius 2 is 1.81 bits per heavy atom. The summed E-state index contributed by atoms with van der Waals surface area (Å²) in [5, 5.41) is 3.09. The topological polar surface area (TPSA) is 45.2 Å². The average Bonchev–Trinajstić information content (AvgIpc) is 2.66. The van der Waals surface area contributed by atoms with Crippen LogP contribution in [0.15, 0.2) is 48.7 Å². The van der Waals surface area contributed by atoms with Gasteiger partial charge in [-0.25, -0.2) is 4.98 Å². The van der Waals surface area contributed by atoms with E-state index in [4.69, 9.17) is 0 Å². The number of aromatic nitrogens is 1. The molecule has 1 aliphatic rings. The smallest absolute Gasteiger partial charge is 0.370 e. The molecule has 0 unspecified atom stereocenters. The van der Waals surface area contributed by atoms with Crippen molar-refractivity contribution in [3.8, 4) is 0 Å². The predicted octanol–water partition coefficient (Wildman–Crippen LogP) is 4.06. The molecule has 0 saturated carbocycles. The first-order valence-electron chi connectivity index (χ1n) is 8.55. The van der Waals surface area contributed by atoms with Gasteiger partial charge in [0, 0.05) is 31.4 Å². The fourth-order valence-electron chi connectivity index (χ4n) is 3.02. The van der Waals surface area contributed by atoms with Crippen molar-refractivity contribution in [1.82, 2.24) is 9.88 Å². The largest absolute Gasteiger partial charge is 0.417 e. The molecular formula is C19H20F3N3O. The Hall–Kier alpha value is -2.57. The molecule has 1 aromatic carbocycles. The van der Waals surface area contributed by atoms with Gasteiger partial charge in [-0.1, -0.05) is 18.2 Å². The second-order valence-electron chi connectivity index (χ2n) is 6.41. The van der Waals surface area contributed by atoms with Gasteiger partial charge in [0.15, 0.2) is 0 Å². The highest BCUT2D eigenvalue weighted by Crippen LogP contribution is 2.29. The van der Waals surface area contributed by atoms with E-state index in [1.54, 1.807) is 0 Å². The molecule has 0 aliphatic carbocycles. The second-order valence-corrected chi connectivity index (χ2v) is 6.41. The maximum Gasteiger partial charge on any atom is 0.417 e. The number of nitrogens with one attached hydrogen (secondary N) is 1. The lowest BCUT2D eigenvalue weighted by Crippen LogP contribution is -2.39. The van der Waals surface area contributed by atoms with Gasteiger partial charge in [-0.2, -0.15) is 13.2 Å². The fourth-order valence-corrected chi connectivity index (χ4v) is 3.02. The summed E-state index contributed by atoms with van der Waals surface area (Å²) >= 11 is 0. The first kappa shape index (κ1) is 18.2. The third kappa shape index (κ3) is 4.53. The average molecular weight is 363 g/mol. The number of pyridine rings is 1. The zero-order valence-electron chi connectivity index (χ0n) is 14.2.